The van der Waals surface area contributed by atoms with Gasteiger partial charge in [-0.15, -0.1) is 0 Å². The summed E-state index contributed by atoms with van der Waals surface area (Å²) in [7, 11) is 2.54. The van der Waals surface area contributed by atoms with E-state index in [0.717, 1.165) is 0 Å². The monoisotopic (exact) mass is 269 g/mol. The molecule has 0 N–H and O–H groups in total. The Kier molecular flexibility index (Phi) is 6.74. The lowest BCUT2D eigenvalue weighted by molar-refractivity contribution is -0.305. The molecule has 0 saturated carbocycles. The van der Waals surface area contributed by atoms with Gasteiger partial charge in [0.15, 0.2) is 0 Å². The molecule has 0 fully saturated rings. The van der Waals surface area contributed by atoms with Gasteiger partial charge in [-0.2, -0.15) is 0 Å². The largest absolute Gasteiger partial charge is 0.550 e. The van der Waals surface area contributed by atoms with Crippen LogP contribution in [0.2, 0.25) is 0 Å². The molecule has 16 heavy (non-hydrogen) atoms. The fourth-order valence-electron chi connectivity index (χ4n) is 1.05. The molecule has 0 amide bonds. The van der Waals surface area contributed by atoms with E-state index in [1.165, 1.54) is 14.2 Å². The molecule has 8 heteroatoms. The maximum atomic E-state index is 11.5. The zero-order valence-electron chi connectivity index (χ0n) is 9.30. The quantitative estimate of drug-likeness (QED) is 0.461. The van der Waals surface area contributed by atoms with E-state index in [1.807, 2.05) is 0 Å². The number of hydrogen-bond donors (Lipinski definition) is 0. The van der Waals surface area contributed by atoms with Crippen molar-refractivity contribution in [1.29, 1.82) is 0 Å². The van der Waals surface area contributed by atoms with Gasteiger partial charge in [-0.1, -0.05) is 0 Å². The topological polar surface area (TPSA) is 84.9 Å². The van der Waals surface area contributed by atoms with Crippen LogP contribution >= 0.6 is 6.49 Å². The van der Waals surface area contributed by atoms with Gasteiger partial charge in [0, 0.05) is 26.6 Å². The van der Waals surface area contributed by atoms with E-state index >= 15 is 0 Å². The van der Waals surface area contributed by atoms with Gasteiger partial charge in [0.25, 0.3) is 0 Å². The standard InChI is InChI=1S/C8H15O6PS/c1-4-14-8(11)6(5-7(9)10)15(16,12-2)13-3/h6H,4-5H2,1-3H3,(H,9,10)/p-1. The molecular weight excluding hydrogens is 255 g/mol. The minimum atomic E-state index is -2.99. The van der Waals surface area contributed by atoms with Crippen LogP contribution in [0, 0.1) is 0 Å². The SMILES string of the molecule is CCOC(=O)C(CC(=O)[O-])P(=S)(OC)OC. The molecule has 0 bridgehead atoms. The van der Waals surface area contributed by atoms with Crippen LogP contribution in [-0.4, -0.2) is 38.4 Å². The molecule has 0 radical (unpaired) electrons. The van der Waals surface area contributed by atoms with Gasteiger partial charge in [-0.25, -0.2) is 0 Å². The van der Waals surface area contributed by atoms with E-state index < -0.39 is 30.5 Å². The van der Waals surface area contributed by atoms with Crippen molar-refractivity contribution in [3.8, 4) is 0 Å². The Morgan fingerprint density at radius 1 is 1.38 bits per heavy atom. The third-order valence-electron chi connectivity index (χ3n) is 1.81. The van der Waals surface area contributed by atoms with Crippen LogP contribution in [0.3, 0.4) is 0 Å². The first-order valence-electron chi connectivity index (χ1n) is 4.49. The number of rotatable bonds is 7. The van der Waals surface area contributed by atoms with Gasteiger partial charge in [-0.05, 0) is 18.7 Å². The first kappa shape index (κ1) is 15.5. The van der Waals surface area contributed by atoms with Crippen LogP contribution in [-0.2, 0) is 35.2 Å². The van der Waals surface area contributed by atoms with Crippen LogP contribution < -0.4 is 5.11 Å². The van der Waals surface area contributed by atoms with Crippen molar-refractivity contribution in [2.24, 2.45) is 0 Å². The first-order valence-corrected chi connectivity index (χ1v) is 7.19. The Bertz CT molecular complexity index is 297. The normalized spacial score (nSPS) is 13.2. The highest BCUT2D eigenvalue weighted by Gasteiger charge is 2.36. The molecule has 0 aromatic rings. The number of carbonyl (C=O) groups excluding carboxylic acids is 2. The molecule has 0 aliphatic carbocycles. The third-order valence-corrected chi connectivity index (χ3v) is 5.64. The van der Waals surface area contributed by atoms with Crippen LogP contribution in [0.25, 0.3) is 0 Å². The molecule has 0 aromatic carbocycles. The van der Waals surface area contributed by atoms with Crippen LogP contribution in [0.1, 0.15) is 13.3 Å². The molecule has 94 valence electrons. The van der Waals surface area contributed by atoms with E-state index in [4.69, 9.17) is 25.6 Å². The van der Waals surface area contributed by atoms with Crippen molar-refractivity contribution >= 4 is 30.2 Å². The molecule has 1 unspecified atom stereocenters. The van der Waals surface area contributed by atoms with Crippen LogP contribution in [0.15, 0.2) is 0 Å². The average Bonchev–Trinajstić information content (AvgIpc) is 2.25. The summed E-state index contributed by atoms with van der Waals surface area (Å²) in [5, 5.41) is 10.5. The number of hydrogen-bond acceptors (Lipinski definition) is 7. The second kappa shape index (κ2) is 6.96. The van der Waals surface area contributed by atoms with E-state index in [2.05, 4.69) is 0 Å². The predicted molar refractivity (Wildman–Crippen MR) is 58.3 cm³/mol. The second-order valence-electron chi connectivity index (χ2n) is 2.75. The summed E-state index contributed by atoms with van der Waals surface area (Å²) < 4.78 is 14.6. The minimum absolute atomic E-state index is 0.130. The first-order chi connectivity index (χ1) is 7.41. The summed E-state index contributed by atoms with van der Waals surface area (Å²) >= 11 is 5.01. The summed E-state index contributed by atoms with van der Waals surface area (Å²) in [5.41, 5.74) is -1.14. The molecule has 0 rings (SSSR count). The van der Waals surface area contributed by atoms with Crippen molar-refractivity contribution in [2.75, 3.05) is 20.8 Å². The maximum absolute atomic E-state index is 11.5. The van der Waals surface area contributed by atoms with Gasteiger partial charge in [0.05, 0.1) is 6.61 Å². The Hall–Kier alpha value is -0.490. The lowest BCUT2D eigenvalue weighted by atomic mass is 10.3. The number of esters is 1. The lowest BCUT2D eigenvalue weighted by Gasteiger charge is -2.26. The second-order valence-corrected chi connectivity index (χ2v) is 6.71. The lowest BCUT2D eigenvalue weighted by Crippen LogP contribution is -2.33. The zero-order valence-corrected chi connectivity index (χ0v) is 11.0. The smallest absolute Gasteiger partial charge is 0.319 e. The van der Waals surface area contributed by atoms with Crippen LogP contribution in [0.5, 0.6) is 0 Å². The summed E-state index contributed by atoms with van der Waals surface area (Å²) in [6.07, 6.45) is -0.572. The molecule has 0 aliphatic heterocycles. The van der Waals surface area contributed by atoms with E-state index in [1.54, 1.807) is 6.92 Å². The third kappa shape index (κ3) is 4.17. The molecule has 0 heterocycles. The molecule has 1 atom stereocenters. The number of carboxylic acids is 1. The van der Waals surface area contributed by atoms with Crippen molar-refractivity contribution in [1.82, 2.24) is 0 Å². The van der Waals surface area contributed by atoms with E-state index in [-0.39, 0.29) is 6.61 Å². The highest BCUT2D eigenvalue weighted by molar-refractivity contribution is 8.10. The Balaban J connectivity index is 4.99. The number of carbonyl (C=O) groups is 2. The predicted octanol–water partition coefficient (Wildman–Crippen LogP) is -0.340. The molecule has 0 aromatic heterocycles. The summed E-state index contributed by atoms with van der Waals surface area (Å²) in [5.74, 6) is -2.14. The summed E-state index contributed by atoms with van der Waals surface area (Å²) in [4.78, 5) is 22.1. The maximum Gasteiger partial charge on any atom is 0.319 e. The van der Waals surface area contributed by atoms with Crippen LogP contribution in [0.4, 0.5) is 0 Å². The molecule has 0 aliphatic rings. The van der Waals surface area contributed by atoms with E-state index in [9.17, 15) is 14.7 Å². The van der Waals surface area contributed by atoms with Gasteiger partial charge in [-0.3, -0.25) is 4.79 Å². The zero-order chi connectivity index (χ0) is 12.8. The van der Waals surface area contributed by atoms with Gasteiger partial charge < -0.3 is 23.7 Å². The van der Waals surface area contributed by atoms with Crippen molar-refractivity contribution in [3.63, 3.8) is 0 Å². The molecular formula is C8H14O6PS-. The van der Waals surface area contributed by atoms with E-state index in [0.29, 0.717) is 0 Å². The number of carboxylic acid groups (broad SMARTS) is 1. The highest BCUT2D eigenvalue weighted by Crippen LogP contribution is 2.53. The molecule has 0 spiro atoms. The molecule has 0 saturated heterocycles. The Morgan fingerprint density at radius 3 is 2.19 bits per heavy atom. The fraction of sp³-hybridized carbons (Fsp3) is 0.750. The number of aliphatic carboxylic acids is 1. The van der Waals surface area contributed by atoms with Crippen molar-refractivity contribution in [3.05, 3.63) is 0 Å². The van der Waals surface area contributed by atoms with Gasteiger partial charge in [0.2, 0.25) is 6.49 Å². The average molecular weight is 269 g/mol. The Morgan fingerprint density at radius 2 is 1.88 bits per heavy atom. The minimum Gasteiger partial charge on any atom is -0.550 e. The fourth-order valence-corrected chi connectivity index (χ4v) is 2.89. The molecule has 6 nitrogen and oxygen atoms in total. The summed E-state index contributed by atoms with van der Waals surface area (Å²) in [6, 6.07) is 0. The van der Waals surface area contributed by atoms with Crippen molar-refractivity contribution in [2.45, 2.75) is 19.0 Å². The highest BCUT2D eigenvalue weighted by atomic mass is 32.5. The van der Waals surface area contributed by atoms with Gasteiger partial charge in [0.1, 0.15) is 5.66 Å². The van der Waals surface area contributed by atoms with Gasteiger partial charge >= 0.3 is 5.97 Å². The Labute approximate surface area is 99.0 Å². The number of ether oxygens (including phenoxy) is 1. The van der Waals surface area contributed by atoms with Crippen molar-refractivity contribution < 1.29 is 28.5 Å². The summed E-state index contributed by atoms with van der Waals surface area (Å²) in [6.45, 7) is -1.25.